The molecule has 0 unspecified atom stereocenters. The molecule has 9 nitrogen and oxygen atoms in total. The van der Waals surface area contributed by atoms with Crippen LogP contribution < -0.4 is 20.9 Å². The molecule has 0 amide bonds. The normalized spacial score (nSPS) is 14.5. The number of nitrogens with one attached hydrogen (secondary N) is 2. The maximum atomic E-state index is 12.1. The minimum atomic E-state index is -0.701. The Hall–Kier alpha value is -3.30. The van der Waals surface area contributed by atoms with Gasteiger partial charge >= 0.3 is 5.69 Å². The van der Waals surface area contributed by atoms with Gasteiger partial charge in [0.2, 0.25) is 5.95 Å². The average Bonchev–Trinajstić information content (AvgIpc) is 3.36. The van der Waals surface area contributed by atoms with Gasteiger partial charge in [-0.2, -0.15) is 5.10 Å². The second-order valence-corrected chi connectivity index (χ2v) is 9.33. The van der Waals surface area contributed by atoms with E-state index in [0.29, 0.717) is 11.3 Å². The Balaban J connectivity index is 1.55. The first kappa shape index (κ1) is 21.5. The van der Waals surface area contributed by atoms with Crippen LogP contribution in [0.15, 0.2) is 39.9 Å². The van der Waals surface area contributed by atoms with Crippen LogP contribution in [-0.4, -0.2) is 38.8 Å². The van der Waals surface area contributed by atoms with Gasteiger partial charge in [0.05, 0.1) is 21.1 Å². The Morgan fingerprint density at radius 1 is 1.12 bits per heavy atom. The fourth-order valence-corrected chi connectivity index (χ4v) is 4.36. The highest BCUT2D eigenvalue weighted by atomic mass is 35.5. The number of hydrogen-bond acceptors (Lipinski definition) is 6. The lowest BCUT2D eigenvalue weighted by Crippen LogP contribution is -2.25. The molecule has 0 radical (unpaired) electrons. The van der Waals surface area contributed by atoms with Crippen molar-refractivity contribution in [3.05, 3.63) is 61.2 Å². The molecule has 2 aromatic heterocycles. The zero-order valence-electron chi connectivity index (χ0n) is 18.1. The van der Waals surface area contributed by atoms with Crippen molar-refractivity contribution in [2.45, 2.75) is 25.3 Å². The molecule has 1 saturated carbocycles. The molecule has 4 aromatic rings. The first-order chi connectivity index (χ1) is 15.7. The van der Waals surface area contributed by atoms with Crippen molar-refractivity contribution in [3.8, 4) is 22.8 Å². The minimum absolute atomic E-state index is 0.0100. The Bertz CT molecular complexity index is 1490. The number of halogens is 2. The van der Waals surface area contributed by atoms with E-state index in [-0.39, 0.29) is 27.0 Å². The number of H-pyrrole nitrogens is 2. The molecule has 2 N–H and O–H groups in total. The number of fused-ring (bicyclic) bond motifs is 1. The summed E-state index contributed by atoms with van der Waals surface area (Å²) in [6.45, 7) is 2.22. The lowest BCUT2D eigenvalue weighted by molar-refractivity contribution is 0.483. The molecule has 0 saturated heterocycles. The zero-order valence-corrected chi connectivity index (χ0v) is 19.6. The van der Waals surface area contributed by atoms with Gasteiger partial charge in [0.1, 0.15) is 5.75 Å². The lowest BCUT2D eigenvalue weighted by Gasteiger charge is -2.20. The van der Waals surface area contributed by atoms with E-state index in [0.717, 1.165) is 29.8 Å². The summed E-state index contributed by atoms with van der Waals surface area (Å²) in [5.41, 5.74) is 0.848. The van der Waals surface area contributed by atoms with E-state index in [1.807, 2.05) is 37.2 Å². The summed E-state index contributed by atoms with van der Waals surface area (Å²) >= 11 is 12.9. The molecule has 0 bridgehead atoms. The molecule has 2 heterocycles. The number of anilines is 1. The molecular formula is C22H20Cl2N6O3. The van der Waals surface area contributed by atoms with E-state index in [4.69, 9.17) is 32.9 Å². The van der Waals surface area contributed by atoms with Gasteiger partial charge in [-0.05, 0) is 44.0 Å². The maximum Gasteiger partial charge on any atom is 0.342 e. The summed E-state index contributed by atoms with van der Waals surface area (Å²) < 4.78 is 8.31. The van der Waals surface area contributed by atoms with Crippen molar-refractivity contribution in [1.29, 1.82) is 0 Å². The number of aromatic nitrogens is 5. The monoisotopic (exact) mass is 486 g/mol. The predicted molar refractivity (Wildman–Crippen MR) is 128 cm³/mol. The Labute approximate surface area is 197 Å². The van der Waals surface area contributed by atoms with Crippen molar-refractivity contribution in [3.63, 3.8) is 0 Å². The van der Waals surface area contributed by atoms with Crippen LogP contribution in [0.4, 0.5) is 5.95 Å². The number of imidazole rings is 1. The topological polar surface area (TPSA) is 109 Å². The SMILES string of the molecule is CN(C)c1nc2ccc(Oc3c(Cl)cc(-c4n[nH]c(=O)[nH]c4=O)cc3Cl)cc2n1C1(C)CC1. The molecule has 11 heteroatoms. The molecule has 1 aliphatic rings. The summed E-state index contributed by atoms with van der Waals surface area (Å²) in [6.07, 6.45) is 2.17. The largest absolute Gasteiger partial charge is 0.454 e. The van der Waals surface area contributed by atoms with Crippen LogP contribution in [0, 0.1) is 0 Å². The summed E-state index contributed by atoms with van der Waals surface area (Å²) in [6, 6.07) is 8.66. The van der Waals surface area contributed by atoms with Crippen LogP contribution in [0.3, 0.4) is 0 Å². The van der Waals surface area contributed by atoms with Crippen molar-refractivity contribution in [2.24, 2.45) is 0 Å². The molecule has 170 valence electrons. The van der Waals surface area contributed by atoms with Crippen molar-refractivity contribution >= 4 is 40.2 Å². The van der Waals surface area contributed by atoms with Crippen LogP contribution in [-0.2, 0) is 5.54 Å². The van der Waals surface area contributed by atoms with Crippen LogP contribution in [0.5, 0.6) is 11.5 Å². The van der Waals surface area contributed by atoms with Gasteiger partial charge in [-0.15, -0.1) is 0 Å². The van der Waals surface area contributed by atoms with E-state index in [1.165, 1.54) is 12.1 Å². The lowest BCUT2D eigenvalue weighted by atomic mass is 10.1. The first-order valence-electron chi connectivity index (χ1n) is 10.2. The third-order valence-corrected chi connectivity index (χ3v) is 6.29. The van der Waals surface area contributed by atoms with Crippen molar-refractivity contribution < 1.29 is 4.74 Å². The summed E-state index contributed by atoms with van der Waals surface area (Å²) in [7, 11) is 3.95. The van der Waals surface area contributed by atoms with E-state index in [1.54, 1.807) is 0 Å². The van der Waals surface area contributed by atoms with Gasteiger partial charge in [0.15, 0.2) is 11.4 Å². The van der Waals surface area contributed by atoms with E-state index < -0.39 is 11.2 Å². The summed E-state index contributed by atoms with van der Waals surface area (Å²) in [4.78, 5) is 32.2. The molecular weight excluding hydrogens is 467 g/mol. The molecule has 2 aromatic carbocycles. The van der Waals surface area contributed by atoms with E-state index in [9.17, 15) is 9.59 Å². The zero-order chi connectivity index (χ0) is 23.5. The third-order valence-electron chi connectivity index (χ3n) is 5.72. The van der Waals surface area contributed by atoms with Crippen LogP contribution in [0.2, 0.25) is 10.0 Å². The Morgan fingerprint density at radius 3 is 2.42 bits per heavy atom. The molecule has 0 atom stereocenters. The number of rotatable bonds is 5. The summed E-state index contributed by atoms with van der Waals surface area (Å²) in [5, 5.41) is 6.36. The number of ether oxygens (including phenoxy) is 1. The first-order valence-corrected chi connectivity index (χ1v) is 11.0. The predicted octanol–water partition coefficient (Wildman–Crippen LogP) is 4.15. The smallest absolute Gasteiger partial charge is 0.342 e. The molecule has 0 aliphatic heterocycles. The number of aromatic amines is 2. The van der Waals surface area contributed by atoms with E-state index in [2.05, 4.69) is 26.7 Å². The Morgan fingerprint density at radius 2 is 1.82 bits per heavy atom. The number of hydrogen-bond donors (Lipinski definition) is 2. The third kappa shape index (κ3) is 3.77. The van der Waals surface area contributed by atoms with E-state index >= 15 is 0 Å². The second kappa shape index (κ2) is 7.64. The van der Waals surface area contributed by atoms with Gasteiger partial charge in [-0.25, -0.2) is 14.9 Å². The molecule has 5 rings (SSSR count). The van der Waals surface area contributed by atoms with Crippen molar-refractivity contribution in [2.75, 3.05) is 19.0 Å². The molecule has 1 fully saturated rings. The maximum absolute atomic E-state index is 12.1. The highest BCUT2D eigenvalue weighted by Crippen LogP contribution is 2.48. The van der Waals surface area contributed by atoms with Gasteiger partial charge in [-0.3, -0.25) is 9.78 Å². The number of benzene rings is 2. The number of nitrogens with zero attached hydrogens (tertiary/aromatic N) is 4. The van der Waals surface area contributed by atoms with Crippen LogP contribution >= 0.6 is 23.2 Å². The standard InChI is InChI=1S/C22H20Cl2N6O3/c1-22(6-7-22)30-16-10-12(4-5-15(16)25-21(30)29(2)3)33-18-13(23)8-11(9-14(18)24)17-19(31)26-20(32)28-27-17/h4-5,8-10H,6-7H2,1-3H3,(H2,26,28,31,32). The fourth-order valence-electron chi connectivity index (χ4n) is 3.80. The Kier molecular flexibility index (Phi) is 4.98. The van der Waals surface area contributed by atoms with Gasteiger partial charge in [-0.1, -0.05) is 23.2 Å². The molecule has 33 heavy (non-hydrogen) atoms. The quantitative estimate of drug-likeness (QED) is 0.438. The van der Waals surface area contributed by atoms with Gasteiger partial charge in [0.25, 0.3) is 5.56 Å². The van der Waals surface area contributed by atoms with Crippen LogP contribution in [0.25, 0.3) is 22.3 Å². The molecule has 0 spiro atoms. The highest BCUT2D eigenvalue weighted by molar-refractivity contribution is 6.37. The molecule has 1 aliphatic carbocycles. The van der Waals surface area contributed by atoms with Gasteiger partial charge in [0, 0.05) is 31.3 Å². The highest BCUT2D eigenvalue weighted by Gasteiger charge is 2.42. The van der Waals surface area contributed by atoms with Crippen LogP contribution in [0.1, 0.15) is 19.8 Å². The van der Waals surface area contributed by atoms with Gasteiger partial charge < -0.3 is 14.2 Å². The average molecular weight is 487 g/mol. The fraction of sp³-hybridized carbons (Fsp3) is 0.273. The van der Waals surface area contributed by atoms with Crippen molar-refractivity contribution in [1.82, 2.24) is 24.7 Å². The summed E-state index contributed by atoms with van der Waals surface area (Å²) in [5.74, 6) is 1.69. The second-order valence-electron chi connectivity index (χ2n) is 8.52. The minimum Gasteiger partial charge on any atom is -0.454 e.